The lowest BCUT2D eigenvalue weighted by molar-refractivity contribution is 0.332. The van der Waals surface area contributed by atoms with Crippen molar-refractivity contribution in [3.63, 3.8) is 0 Å². The third kappa shape index (κ3) is 10.3. The molecule has 11 aromatic rings. The first-order chi connectivity index (χ1) is 44.6. The van der Waals surface area contributed by atoms with Gasteiger partial charge in [0.05, 0.1) is 11.4 Å². The standard InChI is InChI=1S/C88H91BN4S/c1-56-23-22-24-57(2)82(56)93-75-51-67(90(62-26-18-17-19-27-62)63-35-29-58(30-36-63)80-49-59-25-20-21-28-79(59)94-80)42-44-73(75)89-74-54-71-72(88(15,16)48-47-87(71,13)14)55-76(74)92(66-41-43-69-70(50-66)86(11,12)46-45-85(69,9)10)77-52-68(53-78(93)81(77)89)91(64-37-31-60(32-38-64)83(3,4)5)65-39-33-61(34-40-65)84(6,7)8/h17-44,49-55H,45-48H2,1-16H3. The minimum absolute atomic E-state index is 0.00885. The zero-order valence-corrected chi connectivity index (χ0v) is 59.1. The van der Waals surface area contributed by atoms with Crippen LogP contribution < -0.4 is 36.0 Å². The molecule has 4 aliphatic rings. The summed E-state index contributed by atoms with van der Waals surface area (Å²) in [5.74, 6) is 0. The second-order valence-electron chi connectivity index (χ2n) is 32.5. The highest BCUT2D eigenvalue weighted by atomic mass is 32.1. The van der Waals surface area contributed by atoms with Crippen molar-refractivity contribution >= 4 is 113 Å². The van der Waals surface area contributed by atoms with Gasteiger partial charge < -0.3 is 19.6 Å². The van der Waals surface area contributed by atoms with Crippen molar-refractivity contribution in [3.05, 3.63) is 257 Å². The molecule has 0 spiro atoms. The van der Waals surface area contributed by atoms with Crippen LogP contribution in [0.15, 0.2) is 212 Å². The van der Waals surface area contributed by atoms with Gasteiger partial charge in [0.1, 0.15) is 0 Å². The van der Waals surface area contributed by atoms with E-state index in [2.05, 4.69) is 343 Å². The van der Waals surface area contributed by atoms with Crippen molar-refractivity contribution in [1.82, 2.24) is 0 Å². The molecule has 3 heterocycles. The maximum Gasteiger partial charge on any atom is 0.252 e. The van der Waals surface area contributed by atoms with Crippen LogP contribution in [0.5, 0.6) is 0 Å². The summed E-state index contributed by atoms with van der Waals surface area (Å²) in [4.78, 5) is 11.7. The van der Waals surface area contributed by atoms with Gasteiger partial charge in [-0.1, -0.05) is 206 Å². The van der Waals surface area contributed by atoms with E-state index in [1.54, 1.807) is 0 Å². The molecular weight excluding hydrogens is 1160 g/mol. The molecule has 0 bridgehead atoms. The van der Waals surface area contributed by atoms with E-state index in [4.69, 9.17) is 0 Å². The molecule has 0 radical (unpaired) electrons. The molecule has 2 aliphatic heterocycles. The van der Waals surface area contributed by atoms with Gasteiger partial charge in [-0.05, 0) is 247 Å². The number of benzene rings is 10. The normalized spacial score (nSPS) is 16.4. The highest BCUT2D eigenvalue weighted by Gasteiger charge is 2.48. The molecule has 0 fully saturated rings. The van der Waals surface area contributed by atoms with Gasteiger partial charge in [-0.15, -0.1) is 11.3 Å². The van der Waals surface area contributed by atoms with E-state index in [9.17, 15) is 0 Å². The molecule has 6 heteroatoms. The monoisotopic (exact) mass is 1250 g/mol. The average molecular weight is 1250 g/mol. The molecule has 472 valence electrons. The summed E-state index contributed by atoms with van der Waals surface area (Å²) in [6, 6.07) is 82.6. The first-order valence-electron chi connectivity index (χ1n) is 34.4. The van der Waals surface area contributed by atoms with E-state index in [1.165, 1.54) is 116 Å². The Morgan fingerprint density at radius 3 is 1.43 bits per heavy atom. The van der Waals surface area contributed by atoms with Gasteiger partial charge in [0.2, 0.25) is 0 Å². The smallest absolute Gasteiger partial charge is 0.252 e. The summed E-state index contributed by atoms with van der Waals surface area (Å²) in [6.45, 7) is 38.3. The number of hydrogen-bond acceptors (Lipinski definition) is 5. The largest absolute Gasteiger partial charge is 0.311 e. The zero-order chi connectivity index (χ0) is 65.8. The number of aryl methyl sites for hydroxylation is 2. The van der Waals surface area contributed by atoms with Crippen molar-refractivity contribution in [3.8, 4) is 10.4 Å². The summed E-state index contributed by atoms with van der Waals surface area (Å²) < 4.78 is 1.31. The van der Waals surface area contributed by atoms with Crippen LogP contribution in [-0.4, -0.2) is 6.71 Å². The summed E-state index contributed by atoms with van der Waals surface area (Å²) in [6.07, 6.45) is 4.55. The Balaban J connectivity index is 1.05. The van der Waals surface area contributed by atoms with Crippen LogP contribution in [0.3, 0.4) is 0 Å². The van der Waals surface area contributed by atoms with E-state index >= 15 is 0 Å². The Hall–Kier alpha value is -8.58. The quantitative estimate of drug-likeness (QED) is 0.134. The maximum atomic E-state index is 2.73. The van der Waals surface area contributed by atoms with Crippen molar-refractivity contribution < 1.29 is 0 Å². The lowest BCUT2D eigenvalue weighted by atomic mass is 9.33. The van der Waals surface area contributed by atoms with Crippen molar-refractivity contribution in [2.24, 2.45) is 0 Å². The van der Waals surface area contributed by atoms with Crippen LogP contribution in [0.2, 0.25) is 0 Å². The third-order valence-corrected chi connectivity index (χ3v) is 23.3. The van der Waals surface area contributed by atoms with Crippen molar-refractivity contribution in [2.45, 2.75) is 169 Å². The molecule has 94 heavy (non-hydrogen) atoms. The maximum absolute atomic E-state index is 2.73. The highest BCUT2D eigenvalue weighted by Crippen LogP contribution is 2.55. The molecule has 2 aliphatic carbocycles. The molecule has 15 rings (SSSR count). The Morgan fingerprint density at radius 1 is 0.383 bits per heavy atom. The fourth-order valence-corrected chi connectivity index (χ4v) is 17.3. The van der Waals surface area contributed by atoms with Crippen LogP contribution in [-0.2, 0) is 32.5 Å². The minimum Gasteiger partial charge on any atom is -0.311 e. The Morgan fingerprint density at radius 2 is 0.851 bits per heavy atom. The molecule has 10 aromatic carbocycles. The molecule has 0 saturated carbocycles. The van der Waals surface area contributed by atoms with E-state index in [1.807, 2.05) is 11.3 Å². The van der Waals surface area contributed by atoms with Crippen molar-refractivity contribution in [1.29, 1.82) is 0 Å². The molecule has 0 saturated heterocycles. The van der Waals surface area contributed by atoms with Crippen LogP contribution in [0.25, 0.3) is 20.5 Å². The van der Waals surface area contributed by atoms with Gasteiger partial charge in [0.15, 0.2) is 0 Å². The molecule has 4 nitrogen and oxygen atoms in total. The van der Waals surface area contributed by atoms with Crippen molar-refractivity contribution in [2.75, 3.05) is 19.6 Å². The SMILES string of the molecule is Cc1cccc(C)c1N1c2cc(N(c3ccccc3)c3ccc(-c4cc5ccccc5s4)cc3)ccc2B2c3cc4c(cc3N(c3ccc5c(c3)C(C)(C)CCC5(C)C)c3cc(N(c5ccc(C(C)(C)C)cc5)c5ccc(C(C)(C)C)cc5)cc1c32)C(C)(C)CCC4(C)C. The van der Waals surface area contributed by atoms with Gasteiger partial charge in [-0.25, -0.2) is 0 Å². The predicted octanol–water partition coefficient (Wildman–Crippen LogP) is 23.5. The molecule has 0 atom stereocenters. The predicted molar refractivity (Wildman–Crippen MR) is 408 cm³/mol. The number of para-hydroxylation sites is 2. The number of thiophene rings is 1. The lowest BCUT2D eigenvalue weighted by Gasteiger charge is -2.48. The van der Waals surface area contributed by atoms with Crippen LogP contribution in [0, 0.1) is 13.8 Å². The van der Waals surface area contributed by atoms with E-state index in [-0.39, 0.29) is 39.2 Å². The third-order valence-electron chi connectivity index (χ3n) is 22.1. The van der Waals surface area contributed by atoms with Gasteiger partial charge in [0.25, 0.3) is 6.71 Å². The first kappa shape index (κ1) is 61.6. The molecule has 0 N–H and O–H groups in total. The summed E-state index contributed by atoms with van der Waals surface area (Å²) >= 11 is 1.86. The van der Waals surface area contributed by atoms with Gasteiger partial charge in [-0.3, -0.25) is 0 Å². The summed E-state index contributed by atoms with van der Waals surface area (Å²) in [5, 5.41) is 1.28. The second-order valence-corrected chi connectivity index (χ2v) is 33.6. The Bertz CT molecular complexity index is 4670. The van der Waals surface area contributed by atoms with E-state index in [0.717, 1.165) is 59.8 Å². The molecule has 0 amide bonds. The fraction of sp³-hybridized carbons (Fsp3) is 0.295. The number of nitrogens with zero attached hydrogens (tertiary/aromatic N) is 4. The number of anilines is 12. The Labute approximate surface area is 565 Å². The summed E-state index contributed by atoms with van der Waals surface area (Å²) in [5.41, 5.74) is 30.0. The van der Waals surface area contributed by atoms with E-state index in [0.29, 0.717) is 0 Å². The van der Waals surface area contributed by atoms with Gasteiger partial charge >= 0.3 is 0 Å². The highest BCUT2D eigenvalue weighted by molar-refractivity contribution is 7.22. The van der Waals surface area contributed by atoms with Crippen LogP contribution in [0.1, 0.15) is 167 Å². The topological polar surface area (TPSA) is 13.0 Å². The molecular formula is C88H91BN4S. The average Bonchev–Trinajstić information content (AvgIpc) is 0.724. The van der Waals surface area contributed by atoms with Crippen LogP contribution in [0.4, 0.5) is 68.2 Å². The molecule has 0 unspecified atom stereocenters. The zero-order valence-electron chi connectivity index (χ0n) is 58.3. The number of hydrogen-bond donors (Lipinski definition) is 0. The lowest BCUT2D eigenvalue weighted by Crippen LogP contribution is -2.62. The first-order valence-corrected chi connectivity index (χ1v) is 35.2. The van der Waals surface area contributed by atoms with Gasteiger partial charge in [0, 0.05) is 66.5 Å². The number of fused-ring (bicyclic) bond motifs is 7. The fourth-order valence-electron chi connectivity index (χ4n) is 16.3. The minimum atomic E-state index is -0.120. The summed E-state index contributed by atoms with van der Waals surface area (Å²) in [7, 11) is 0. The Kier molecular flexibility index (Phi) is 14.4. The van der Waals surface area contributed by atoms with Gasteiger partial charge in [-0.2, -0.15) is 0 Å². The second kappa shape index (κ2) is 22.0. The molecule has 1 aromatic heterocycles. The number of rotatable bonds is 9. The van der Waals surface area contributed by atoms with Crippen LogP contribution >= 0.6 is 11.3 Å². The van der Waals surface area contributed by atoms with E-state index < -0.39 is 0 Å².